The molecule has 174 valence electrons. The summed E-state index contributed by atoms with van der Waals surface area (Å²) < 4.78 is 7.19. The van der Waals surface area contributed by atoms with E-state index in [0.29, 0.717) is 11.5 Å². The van der Waals surface area contributed by atoms with Gasteiger partial charge in [0.25, 0.3) is 0 Å². The summed E-state index contributed by atoms with van der Waals surface area (Å²) in [5.41, 5.74) is 6.38. The van der Waals surface area contributed by atoms with Crippen LogP contribution in [0.5, 0.6) is 5.75 Å². The van der Waals surface area contributed by atoms with E-state index in [1.165, 1.54) is 5.56 Å². The smallest absolute Gasteiger partial charge is 0.341 e. The molecule has 2 aromatic carbocycles. The third-order valence-electron chi connectivity index (χ3n) is 5.19. The van der Waals surface area contributed by atoms with Crippen molar-refractivity contribution in [3.8, 4) is 11.4 Å². The number of benzene rings is 2. The molecule has 0 aliphatic carbocycles. The molecular formula is C26H31N3O4. The average Bonchev–Trinajstić information content (AvgIpc) is 3.18. The first-order valence-corrected chi connectivity index (χ1v) is 10.8. The highest BCUT2D eigenvalue weighted by Crippen LogP contribution is 2.25. The standard InChI is InChI=1S/C26H31N3O4/c1-17-7-10-21(11-8-17)29-22(14-24(27-29)26(4,5)6)15-33-28-19(3)20-9-12-23(18(2)13-20)32-16-25(30)31/h7-14H,15-16H2,1-6H3,(H,30,31)/b28-19+. The van der Waals surface area contributed by atoms with Crippen LogP contribution in [-0.4, -0.2) is 33.2 Å². The summed E-state index contributed by atoms with van der Waals surface area (Å²) in [6, 6.07) is 15.7. The maximum absolute atomic E-state index is 10.7. The topological polar surface area (TPSA) is 85.9 Å². The van der Waals surface area contributed by atoms with E-state index in [0.717, 1.165) is 28.2 Å². The molecule has 0 saturated carbocycles. The van der Waals surface area contributed by atoms with Gasteiger partial charge in [-0.2, -0.15) is 5.10 Å². The number of carbonyl (C=O) groups is 1. The number of aryl methyl sites for hydroxylation is 2. The summed E-state index contributed by atoms with van der Waals surface area (Å²) in [5.74, 6) is -0.476. The quantitative estimate of drug-likeness (QED) is 0.378. The van der Waals surface area contributed by atoms with E-state index in [-0.39, 0.29) is 18.6 Å². The zero-order chi connectivity index (χ0) is 24.2. The molecule has 7 nitrogen and oxygen atoms in total. The minimum Gasteiger partial charge on any atom is -0.482 e. The Hall–Kier alpha value is -3.61. The van der Waals surface area contributed by atoms with Crippen molar-refractivity contribution in [2.75, 3.05) is 6.61 Å². The van der Waals surface area contributed by atoms with Gasteiger partial charge in [-0.05, 0) is 68.3 Å². The molecule has 0 spiro atoms. The van der Waals surface area contributed by atoms with E-state index in [1.54, 1.807) is 6.07 Å². The van der Waals surface area contributed by atoms with Crippen molar-refractivity contribution < 1.29 is 19.5 Å². The van der Waals surface area contributed by atoms with Gasteiger partial charge in [0.15, 0.2) is 13.2 Å². The van der Waals surface area contributed by atoms with Crippen LogP contribution < -0.4 is 4.74 Å². The van der Waals surface area contributed by atoms with Crippen LogP contribution >= 0.6 is 0 Å². The molecule has 0 aliphatic heterocycles. The van der Waals surface area contributed by atoms with Crippen LogP contribution in [0.2, 0.25) is 0 Å². The van der Waals surface area contributed by atoms with Crippen molar-refractivity contribution in [2.45, 2.75) is 53.6 Å². The van der Waals surface area contributed by atoms with Gasteiger partial charge in [0.2, 0.25) is 0 Å². The Morgan fingerprint density at radius 2 is 1.79 bits per heavy atom. The molecule has 0 fully saturated rings. The van der Waals surface area contributed by atoms with Crippen LogP contribution in [0, 0.1) is 13.8 Å². The van der Waals surface area contributed by atoms with Crippen LogP contribution in [0.4, 0.5) is 0 Å². The number of carboxylic acids is 1. The Bertz CT molecular complexity index is 1160. The molecule has 1 heterocycles. The van der Waals surface area contributed by atoms with Gasteiger partial charge in [0.05, 0.1) is 22.8 Å². The number of hydrogen-bond acceptors (Lipinski definition) is 5. The van der Waals surface area contributed by atoms with E-state index in [4.69, 9.17) is 19.8 Å². The Morgan fingerprint density at radius 1 is 1.09 bits per heavy atom. The first-order valence-electron chi connectivity index (χ1n) is 10.8. The summed E-state index contributed by atoms with van der Waals surface area (Å²) in [4.78, 5) is 16.4. The average molecular weight is 450 g/mol. The van der Waals surface area contributed by atoms with Gasteiger partial charge in [-0.1, -0.05) is 43.6 Å². The largest absolute Gasteiger partial charge is 0.482 e. The monoisotopic (exact) mass is 449 g/mol. The molecule has 7 heteroatoms. The van der Waals surface area contributed by atoms with Crippen molar-refractivity contribution in [3.63, 3.8) is 0 Å². The van der Waals surface area contributed by atoms with E-state index in [1.807, 2.05) is 42.8 Å². The molecule has 3 aromatic rings. The zero-order valence-corrected chi connectivity index (χ0v) is 20.0. The lowest BCUT2D eigenvalue weighted by Gasteiger charge is -2.14. The molecule has 0 saturated heterocycles. The summed E-state index contributed by atoms with van der Waals surface area (Å²) >= 11 is 0. The normalized spacial score (nSPS) is 12.0. The predicted molar refractivity (Wildman–Crippen MR) is 128 cm³/mol. The molecule has 0 radical (unpaired) electrons. The molecule has 0 unspecified atom stereocenters. The Kier molecular flexibility index (Phi) is 7.21. The van der Waals surface area contributed by atoms with Crippen LogP contribution in [-0.2, 0) is 21.7 Å². The Morgan fingerprint density at radius 3 is 2.39 bits per heavy atom. The van der Waals surface area contributed by atoms with Gasteiger partial charge in [-0.3, -0.25) is 0 Å². The number of aliphatic carboxylic acids is 1. The molecule has 33 heavy (non-hydrogen) atoms. The first kappa shape index (κ1) is 24.0. The van der Waals surface area contributed by atoms with Crippen molar-refractivity contribution in [2.24, 2.45) is 5.16 Å². The summed E-state index contributed by atoms with van der Waals surface area (Å²) in [7, 11) is 0. The van der Waals surface area contributed by atoms with E-state index < -0.39 is 5.97 Å². The SMILES string of the molecule is C/C(=N\OCc1cc(C(C)(C)C)nn1-c1ccc(C)cc1)c1ccc(OCC(=O)O)c(C)c1. The Balaban J connectivity index is 1.77. The van der Waals surface area contributed by atoms with E-state index in [9.17, 15) is 4.79 Å². The number of hydrogen-bond donors (Lipinski definition) is 1. The van der Waals surface area contributed by atoms with Crippen LogP contribution in [0.25, 0.3) is 5.69 Å². The molecule has 0 bridgehead atoms. The summed E-state index contributed by atoms with van der Waals surface area (Å²) in [6.45, 7) is 12.1. The van der Waals surface area contributed by atoms with Crippen molar-refractivity contribution >= 4 is 11.7 Å². The van der Waals surface area contributed by atoms with E-state index >= 15 is 0 Å². The second-order valence-corrected chi connectivity index (χ2v) is 9.13. The van der Waals surface area contributed by atoms with Crippen molar-refractivity contribution in [3.05, 3.63) is 76.6 Å². The van der Waals surface area contributed by atoms with Crippen LogP contribution in [0.3, 0.4) is 0 Å². The minimum atomic E-state index is -1.01. The van der Waals surface area contributed by atoms with Gasteiger partial charge < -0.3 is 14.7 Å². The number of nitrogens with zero attached hydrogens (tertiary/aromatic N) is 3. The molecule has 1 N–H and O–H groups in total. The van der Waals surface area contributed by atoms with Gasteiger partial charge in [-0.15, -0.1) is 0 Å². The number of rotatable bonds is 8. The molecule has 0 atom stereocenters. The number of aromatic nitrogens is 2. The minimum absolute atomic E-state index is 0.0914. The van der Waals surface area contributed by atoms with Gasteiger partial charge in [-0.25, -0.2) is 9.48 Å². The fourth-order valence-electron chi connectivity index (χ4n) is 3.22. The number of carboxylic acid groups (broad SMARTS) is 1. The predicted octanol–water partition coefficient (Wildman–Crippen LogP) is 5.19. The second kappa shape index (κ2) is 9.90. The molecule has 3 rings (SSSR count). The van der Waals surface area contributed by atoms with Crippen molar-refractivity contribution in [1.82, 2.24) is 9.78 Å². The lowest BCUT2D eigenvalue weighted by Crippen LogP contribution is -2.12. The highest BCUT2D eigenvalue weighted by molar-refractivity contribution is 5.98. The maximum atomic E-state index is 10.7. The zero-order valence-electron chi connectivity index (χ0n) is 20.0. The highest BCUT2D eigenvalue weighted by Gasteiger charge is 2.21. The lowest BCUT2D eigenvalue weighted by molar-refractivity contribution is -0.139. The fourth-order valence-corrected chi connectivity index (χ4v) is 3.22. The van der Waals surface area contributed by atoms with Gasteiger partial charge >= 0.3 is 5.97 Å². The summed E-state index contributed by atoms with van der Waals surface area (Å²) in [6.07, 6.45) is 0. The van der Waals surface area contributed by atoms with Gasteiger partial charge in [0, 0.05) is 5.41 Å². The molecule has 1 aromatic heterocycles. The van der Waals surface area contributed by atoms with Gasteiger partial charge in [0.1, 0.15) is 5.75 Å². The number of ether oxygens (including phenoxy) is 1. The lowest BCUT2D eigenvalue weighted by atomic mass is 9.92. The summed E-state index contributed by atoms with van der Waals surface area (Å²) in [5, 5.41) is 17.9. The van der Waals surface area contributed by atoms with Crippen LogP contribution in [0.1, 0.15) is 55.8 Å². The highest BCUT2D eigenvalue weighted by atomic mass is 16.6. The van der Waals surface area contributed by atoms with Crippen molar-refractivity contribution in [1.29, 1.82) is 0 Å². The Labute approximate surface area is 194 Å². The first-order chi connectivity index (χ1) is 15.5. The number of oxime groups is 1. The third kappa shape index (κ3) is 6.22. The molecule has 0 amide bonds. The molecular weight excluding hydrogens is 418 g/mol. The third-order valence-corrected chi connectivity index (χ3v) is 5.19. The van der Waals surface area contributed by atoms with E-state index in [2.05, 4.69) is 51.0 Å². The van der Waals surface area contributed by atoms with Crippen LogP contribution in [0.15, 0.2) is 53.7 Å². The fraction of sp³-hybridized carbons (Fsp3) is 0.346. The maximum Gasteiger partial charge on any atom is 0.341 e. The molecule has 0 aliphatic rings. The second-order valence-electron chi connectivity index (χ2n) is 9.13.